The van der Waals surface area contributed by atoms with Crippen molar-refractivity contribution in [3.8, 4) is 5.69 Å². The Balaban J connectivity index is 1.68. The predicted octanol–water partition coefficient (Wildman–Crippen LogP) is 2.59. The Hall–Kier alpha value is -3.02. The Bertz CT molecular complexity index is 786. The van der Waals surface area contributed by atoms with Crippen LogP contribution in [0.15, 0.2) is 61.1 Å². The van der Waals surface area contributed by atoms with Crippen molar-refractivity contribution < 1.29 is 9.18 Å². The molecule has 1 N–H and O–H groups in total. The maximum atomic E-state index is 13.5. The number of amides is 1. The van der Waals surface area contributed by atoms with Crippen LogP contribution in [0.4, 0.5) is 10.2 Å². The van der Waals surface area contributed by atoms with E-state index in [1.807, 2.05) is 0 Å². The van der Waals surface area contributed by atoms with Crippen LogP contribution in [0.1, 0.15) is 5.56 Å². The maximum Gasteiger partial charge on any atom is 0.230 e. The third-order valence-corrected chi connectivity index (χ3v) is 3.09. The van der Waals surface area contributed by atoms with E-state index in [-0.39, 0.29) is 18.1 Å². The van der Waals surface area contributed by atoms with Gasteiger partial charge >= 0.3 is 0 Å². The van der Waals surface area contributed by atoms with Crippen molar-refractivity contribution in [3.63, 3.8) is 0 Å². The normalized spacial score (nSPS) is 10.4. The second-order valence-electron chi connectivity index (χ2n) is 4.67. The second-order valence-corrected chi connectivity index (χ2v) is 4.67. The van der Waals surface area contributed by atoms with Crippen molar-refractivity contribution >= 4 is 11.7 Å². The summed E-state index contributed by atoms with van der Waals surface area (Å²) in [6.07, 6.45) is 5.02. The Morgan fingerprint density at radius 3 is 2.68 bits per heavy atom. The molecule has 110 valence electrons. The van der Waals surface area contributed by atoms with Crippen LogP contribution in [0.25, 0.3) is 5.69 Å². The predicted molar refractivity (Wildman–Crippen MR) is 80.1 cm³/mol. The Morgan fingerprint density at radius 1 is 1.14 bits per heavy atom. The standard InChI is InChI=1S/C16H13FN4O/c17-14-4-2-1-3-12(14)11-16(22)19-15-7-10-21(20-15)13-5-8-18-9-6-13/h1-10H,11H2,(H,19,20,22). The van der Waals surface area contributed by atoms with Crippen LogP contribution in [-0.2, 0) is 11.2 Å². The highest BCUT2D eigenvalue weighted by Gasteiger charge is 2.09. The zero-order chi connectivity index (χ0) is 15.4. The molecule has 2 heterocycles. The molecule has 6 heteroatoms. The molecular weight excluding hydrogens is 283 g/mol. The molecule has 0 unspecified atom stereocenters. The highest BCUT2D eigenvalue weighted by Crippen LogP contribution is 2.11. The molecule has 0 spiro atoms. The van der Waals surface area contributed by atoms with Gasteiger partial charge in [0.25, 0.3) is 0 Å². The summed E-state index contributed by atoms with van der Waals surface area (Å²) in [6.45, 7) is 0. The average Bonchev–Trinajstić information content (AvgIpc) is 2.99. The van der Waals surface area contributed by atoms with E-state index in [1.54, 1.807) is 59.7 Å². The topological polar surface area (TPSA) is 59.8 Å². The number of carbonyl (C=O) groups is 1. The first-order valence-electron chi connectivity index (χ1n) is 6.72. The zero-order valence-electron chi connectivity index (χ0n) is 11.6. The largest absolute Gasteiger partial charge is 0.309 e. The molecular formula is C16H13FN4O. The molecule has 0 atom stereocenters. The lowest BCUT2D eigenvalue weighted by Gasteiger charge is -2.04. The number of hydrogen-bond donors (Lipinski definition) is 1. The fourth-order valence-corrected chi connectivity index (χ4v) is 2.03. The molecule has 0 fully saturated rings. The van der Waals surface area contributed by atoms with Crippen LogP contribution in [-0.4, -0.2) is 20.7 Å². The van der Waals surface area contributed by atoms with E-state index >= 15 is 0 Å². The number of benzene rings is 1. The summed E-state index contributed by atoms with van der Waals surface area (Å²) in [6, 6.07) is 11.5. The molecule has 1 aromatic carbocycles. The monoisotopic (exact) mass is 296 g/mol. The minimum absolute atomic E-state index is 0.0329. The SMILES string of the molecule is O=C(Cc1ccccc1F)Nc1ccn(-c2ccncc2)n1. The molecule has 0 aliphatic rings. The smallest absolute Gasteiger partial charge is 0.230 e. The van der Waals surface area contributed by atoms with E-state index in [0.717, 1.165) is 5.69 Å². The Morgan fingerprint density at radius 2 is 1.91 bits per heavy atom. The minimum Gasteiger partial charge on any atom is -0.309 e. The van der Waals surface area contributed by atoms with E-state index in [4.69, 9.17) is 0 Å². The molecule has 1 amide bonds. The quantitative estimate of drug-likeness (QED) is 0.805. The first-order valence-corrected chi connectivity index (χ1v) is 6.72. The summed E-state index contributed by atoms with van der Waals surface area (Å²) in [5.41, 5.74) is 1.19. The van der Waals surface area contributed by atoms with Crippen LogP contribution in [0.2, 0.25) is 0 Å². The van der Waals surface area contributed by atoms with Crippen molar-refractivity contribution in [3.05, 3.63) is 72.4 Å². The van der Waals surface area contributed by atoms with Crippen molar-refractivity contribution in [2.75, 3.05) is 5.32 Å². The van der Waals surface area contributed by atoms with E-state index in [1.165, 1.54) is 6.07 Å². The minimum atomic E-state index is -0.389. The van der Waals surface area contributed by atoms with Gasteiger partial charge in [0.05, 0.1) is 12.1 Å². The van der Waals surface area contributed by atoms with Crippen LogP contribution in [0, 0.1) is 5.82 Å². The number of halogens is 1. The van der Waals surface area contributed by atoms with Gasteiger partial charge < -0.3 is 5.32 Å². The molecule has 0 aliphatic carbocycles. The van der Waals surface area contributed by atoms with Gasteiger partial charge in [0.15, 0.2) is 5.82 Å². The van der Waals surface area contributed by atoms with E-state index in [0.29, 0.717) is 11.4 Å². The molecule has 0 saturated heterocycles. The highest BCUT2D eigenvalue weighted by molar-refractivity contribution is 5.91. The van der Waals surface area contributed by atoms with E-state index in [2.05, 4.69) is 15.4 Å². The van der Waals surface area contributed by atoms with Crippen LogP contribution >= 0.6 is 0 Å². The summed E-state index contributed by atoms with van der Waals surface area (Å²) in [4.78, 5) is 15.9. The van der Waals surface area contributed by atoms with Gasteiger partial charge in [0, 0.05) is 24.7 Å². The van der Waals surface area contributed by atoms with E-state index in [9.17, 15) is 9.18 Å². The summed E-state index contributed by atoms with van der Waals surface area (Å²) >= 11 is 0. The molecule has 22 heavy (non-hydrogen) atoms. The molecule has 3 rings (SSSR count). The number of hydrogen-bond acceptors (Lipinski definition) is 3. The van der Waals surface area contributed by atoms with Crippen molar-refractivity contribution in [1.29, 1.82) is 0 Å². The van der Waals surface area contributed by atoms with Gasteiger partial charge in [0.1, 0.15) is 5.82 Å². The summed E-state index contributed by atoms with van der Waals surface area (Å²) in [5, 5.41) is 6.90. The fourth-order valence-electron chi connectivity index (χ4n) is 2.03. The van der Waals surface area contributed by atoms with Gasteiger partial charge in [-0.05, 0) is 23.8 Å². The van der Waals surface area contributed by atoms with E-state index < -0.39 is 0 Å². The first-order chi connectivity index (χ1) is 10.7. The Labute approximate surface area is 126 Å². The Kier molecular flexibility index (Phi) is 3.91. The number of aromatic nitrogens is 3. The number of anilines is 1. The van der Waals surface area contributed by atoms with Crippen molar-refractivity contribution in [1.82, 2.24) is 14.8 Å². The van der Waals surface area contributed by atoms with Crippen molar-refractivity contribution in [2.45, 2.75) is 6.42 Å². The lowest BCUT2D eigenvalue weighted by atomic mass is 10.1. The maximum absolute atomic E-state index is 13.5. The molecule has 0 bridgehead atoms. The number of rotatable bonds is 4. The average molecular weight is 296 g/mol. The number of nitrogens with one attached hydrogen (secondary N) is 1. The summed E-state index contributed by atoms with van der Waals surface area (Å²) in [7, 11) is 0. The summed E-state index contributed by atoms with van der Waals surface area (Å²) < 4.78 is 15.1. The lowest BCUT2D eigenvalue weighted by molar-refractivity contribution is -0.115. The lowest BCUT2D eigenvalue weighted by Crippen LogP contribution is -2.15. The molecule has 0 radical (unpaired) electrons. The first kappa shape index (κ1) is 13.9. The second kappa shape index (κ2) is 6.17. The number of pyridine rings is 1. The van der Waals surface area contributed by atoms with Crippen LogP contribution < -0.4 is 5.32 Å². The third kappa shape index (κ3) is 3.17. The number of carbonyl (C=O) groups excluding carboxylic acids is 1. The molecule has 5 nitrogen and oxygen atoms in total. The molecule has 0 saturated carbocycles. The van der Waals surface area contributed by atoms with Crippen molar-refractivity contribution in [2.24, 2.45) is 0 Å². The summed E-state index contributed by atoms with van der Waals surface area (Å²) in [5.74, 6) is -0.289. The fraction of sp³-hybridized carbons (Fsp3) is 0.0625. The van der Waals surface area contributed by atoms with Crippen LogP contribution in [0.5, 0.6) is 0 Å². The third-order valence-electron chi connectivity index (χ3n) is 3.09. The molecule has 3 aromatic rings. The van der Waals surface area contributed by atoms with Gasteiger partial charge in [0.2, 0.25) is 5.91 Å². The molecule has 0 aliphatic heterocycles. The van der Waals surface area contributed by atoms with Crippen LogP contribution in [0.3, 0.4) is 0 Å². The van der Waals surface area contributed by atoms with Gasteiger partial charge in [-0.15, -0.1) is 0 Å². The van der Waals surface area contributed by atoms with Gasteiger partial charge in [-0.3, -0.25) is 9.78 Å². The van der Waals surface area contributed by atoms with Gasteiger partial charge in [-0.25, -0.2) is 9.07 Å². The number of nitrogens with zero attached hydrogens (tertiary/aromatic N) is 3. The highest BCUT2D eigenvalue weighted by atomic mass is 19.1. The van der Waals surface area contributed by atoms with Gasteiger partial charge in [-0.2, -0.15) is 5.10 Å². The molecule has 2 aromatic heterocycles. The zero-order valence-corrected chi connectivity index (χ0v) is 11.6. The van der Waals surface area contributed by atoms with Gasteiger partial charge in [-0.1, -0.05) is 18.2 Å².